The molecular formula is C28H40O6. The van der Waals surface area contributed by atoms with Crippen molar-refractivity contribution in [1.29, 1.82) is 0 Å². The van der Waals surface area contributed by atoms with Gasteiger partial charge in [-0.15, -0.1) is 0 Å². The van der Waals surface area contributed by atoms with Crippen LogP contribution in [-0.2, 0) is 10.8 Å². The van der Waals surface area contributed by atoms with Crippen LogP contribution >= 0.6 is 0 Å². The lowest BCUT2D eigenvalue weighted by Gasteiger charge is -2.25. The van der Waals surface area contributed by atoms with E-state index in [-0.39, 0.29) is 62.3 Å². The molecule has 2 atom stereocenters. The van der Waals surface area contributed by atoms with E-state index in [1.54, 1.807) is 0 Å². The first-order valence-electron chi connectivity index (χ1n) is 12.0. The Bertz CT molecular complexity index is 863. The zero-order valence-electron chi connectivity index (χ0n) is 21.4. The fourth-order valence-electron chi connectivity index (χ4n) is 3.55. The number of hydrogen-bond acceptors (Lipinski definition) is 6. The summed E-state index contributed by atoms with van der Waals surface area (Å²) in [4.78, 5) is 0. The topological polar surface area (TPSA) is 77.4 Å². The van der Waals surface area contributed by atoms with Gasteiger partial charge in [0.15, 0.2) is 23.0 Å². The minimum Gasteiger partial charge on any atom is -0.489 e. The number of benzene rings is 2. The van der Waals surface area contributed by atoms with Crippen molar-refractivity contribution in [1.82, 2.24) is 0 Å². The first-order chi connectivity index (χ1) is 16.0. The summed E-state index contributed by atoms with van der Waals surface area (Å²) < 4.78 is 24.4. The highest BCUT2D eigenvalue weighted by Crippen LogP contribution is 2.36. The van der Waals surface area contributed by atoms with Crippen molar-refractivity contribution in [2.45, 2.75) is 52.4 Å². The van der Waals surface area contributed by atoms with Gasteiger partial charge in [-0.05, 0) is 46.2 Å². The van der Waals surface area contributed by atoms with Gasteiger partial charge in [-0.1, -0.05) is 53.7 Å². The van der Waals surface area contributed by atoms with Crippen molar-refractivity contribution >= 4 is 0 Å². The highest BCUT2D eigenvalue weighted by Gasteiger charge is 2.22. The molecule has 0 radical (unpaired) electrons. The summed E-state index contributed by atoms with van der Waals surface area (Å²) in [6, 6.07) is 11.9. The number of aliphatic hydroxyl groups is 2. The Morgan fingerprint density at radius 1 is 0.588 bits per heavy atom. The molecule has 0 saturated carbocycles. The summed E-state index contributed by atoms with van der Waals surface area (Å²) in [5.41, 5.74) is 2.15. The van der Waals surface area contributed by atoms with Crippen LogP contribution in [0.15, 0.2) is 36.4 Å². The molecule has 1 aliphatic rings. The number of aliphatic hydroxyl groups excluding tert-OH is 2. The molecule has 6 nitrogen and oxygen atoms in total. The van der Waals surface area contributed by atoms with Gasteiger partial charge in [0.1, 0.15) is 0 Å². The molecule has 3 rings (SSSR count). The van der Waals surface area contributed by atoms with Crippen LogP contribution in [0.2, 0.25) is 0 Å². The van der Waals surface area contributed by atoms with Crippen molar-refractivity contribution in [2.75, 3.05) is 39.6 Å². The van der Waals surface area contributed by atoms with Gasteiger partial charge in [0.25, 0.3) is 0 Å². The number of ether oxygens (including phenoxy) is 4. The van der Waals surface area contributed by atoms with E-state index in [1.165, 1.54) is 0 Å². The molecule has 1 aliphatic heterocycles. The molecule has 0 aliphatic carbocycles. The smallest absolute Gasteiger partial charge is 0.161 e. The van der Waals surface area contributed by atoms with Crippen LogP contribution in [0, 0.1) is 11.8 Å². The van der Waals surface area contributed by atoms with E-state index in [1.807, 2.05) is 36.4 Å². The second-order valence-corrected chi connectivity index (χ2v) is 11.2. The maximum absolute atomic E-state index is 9.94. The van der Waals surface area contributed by atoms with E-state index in [2.05, 4.69) is 41.5 Å². The van der Waals surface area contributed by atoms with Gasteiger partial charge in [-0.2, -0.15) is 0 Å². The number of rotatable bonds is 2. The predicted molar refractivity (Wildman–Crippen MR) is 133 cm³/mol. The van der Waals surface area contributed by atoms with Crippen LogP contribution in [0.5, 0.6) is 23.0 Å². The first-order valence-corrected chi connectivity index (χ1v) is 12.0. The lowest BCUT2D eigenvalue weighted by Crippen LogP contribution is -2.26. The Morgan fingerprint density at radius 2 is 0.912 bits per heavy atom. The molecule has 188 valence electrons. The quantitative estimate of drug-likeness (QED) is 0.658. The summed E-state index contributed by atoms with van der Waals surface area (Å²) in [5, 5.41) is 19.9. The minimum atomic E-state index is -0.227. The fourth-order valence-corrected chi connectivity index (χ4v) is 3.55. The average Bonchev–Trinajstić information content (AvgIpc) is 2.78. The third-order valence-electron chi connectivity index (χ3n) is 6.03. The van der Waals surface area contributed by atoms with E-state index in [0.29, 0.717) is 23.0 Å². The molecule has 0 aromatic heterocycles. The summed E-state index contributed by atoms with van der Waals surface area (Å²) >= 11 is 0. The van der Waals surface area contributed by atoms with Crippen LogP contribution in [0.1, 0.15) is 52.7 Å². The normalized spacial score (nSPS) is 19.9. The number of hydrogen-bond donors (Lipinski definition) is 2. The molecule has 34 heavy (non-hydrogen) atoms. The van der Waals surface area contributed by atoms with Crippen molar-refractivity contribution in [2.24, 2.45) is 11.8 Å². The zero-order chi connectivity index (χ0) is 24.9. The van der Waals surface area contributed by atoms with Gasteiger partial charge in [-0.25, -0.2) is 0 Å². The molecule has 2 aromatic carbocycles. The maximum Gasteiger partial charge on any atom is 0.161 e. The highest BCUT2D eigenvalue weighted by molar-refractivity contribution is 5.46. The highest BCUT2D eigenvalue weighted by atomic mass is 16.5. The van der Waals surface area contributed by atoms with Gasteiger partial charge in [0.05, 0.1) is 51.5 Å². The fraction of sp³-hybridized carbons (Fsp3) is 0.571. The molecule has 0 amide bonds. The standard InChI is InChI=1S/C28H40O6/c1-27(2,3)21-7-9-23-25(11-21)33-17-19(13-29)16-32-24-10-8-22(28(4,5)6)12-26(24)34-18-20(14-30)15-31-23/h7-12,19-20,29-30H,13-18H2,1-6H3. The Hall–Kier alpha value is -2.44. The molecule has 0 spiro atoms. The van der Waals surface area contributed by atoms with E-state index in [4.69, 9.17) is 18.9 Å². The number of fused-ring (bicyclic) bond motifs is 2. The van der Waals surface area contributed by atoms with Crippen LogP contribution in [0.25, 0.3) is 0 Å². The van der Waals surface area contributed by atoms with Crippen molar-refractivity contribution in [3.8, 4) is 23.0 Å². The lowest BCUT2D eigenvalue weighted by molar-refractivity contribution is 0.0930. The molecule has 0 saturated heterocycles. The van der Waals surface area contributed by atoms with E-state index >= 15 is 0 Å². The molecule has 1 heterocycles. The summed E-state index contributed by atoms with van der Waals surface area (Å²) in [5.74, 6) is 2.00. The van der Waals surface area contributed by atoms with Crippen molar-refractivity contribution in [3.63, 3.8) is 0 Å². The van der Waals surface area contributed by atoms with Crippen molar-refractivity contribution in [3.05, 3.63) is 47.5 Å². The van der Waals surface area contributed by atoms with Gasteiger partial charge < -0.3 is 29.2 Å². The van der Waals surface area contributed by atoms with Gasteiger partial charge in [0.2, 0.25) is 0 Å². The van der Waals surface area contributed by atoms with Gasteiger partial charge in [-0.3, -0.25) is 0 Å². The van der Waals surface area contributed by atoms with Gasteiger partial charge >= 0.3 is 0 Å². The molecule has 0 fully saturated rings. The van der Waals surface area contributed by atoms with E-state index in [0.717, 1.165) is 11.1 Å². The summed E-state index contributed by atoms with van der Waals surface area (Å²) in [6.07, 6.45) is 0. The molecule has 6 heteroatoms. The largest absolute Gasteiger partial charge is 0.489 e. The van der Waals surface area contributed by atoms with Crippen LogP contribution < -0.4 is 18.9 Å². The third kappa shape index (κ3) is 6.80. The maximum atomic E-state index is 9.94. The van der Waals surface area contributed by atoms with E-state index < -0.39 is 0 Å². The molecule has 2 N–H and O–H groups in total. The Labute approximate surface area is 203 Å². The molecule has 2 unspecified atom stereocenters. The van der Waals surface area contributed by atoms with Crippen LogP contribution in [-0.4, -0.2) is 49.9 Å². The molecule has 0 bridgehead atoms. The molecule has 2 aromatic rings. The van der Waals surface area contributed by atoms with Crippen molar-refractivity contribution < 1.29 is 29.2 Å². The lowest BCUT2D eigenvalue weighted by atomic mass is 9.87. The zero-order valence-corrected chi connectivity index (χ0v) is 21.4. The first kappa shape index (κ1) is 26.2. The van der Waals surface area contributed by atoms with Gasteiger partial charge in [0, 0.05) is 0 Å². The summed E-state index contributed by atoms with van der Waals surface area (Å²) in [7, 11) is 0. The Balaban J connectivity index is 1.91. The predicted octanol–water partition coefficient (Wildman–Crippen LogP) is 4.73. The second kappa shape index (κ2) is 10.9. The van der Waals surface area contributed by atoms with Crippen LogP contribution in [0.4, 0.5) is 0 Å². The Kier molecular flexibility index (Phi) is 8.37. The monoisotopic (exact) mass is 472 g/mol. The molecular weight excluding hydrogens is 432 g/mol. The SMILES string of the molecule is CC(C)(C)c1ccc2c(c1)OCC(CO)COc1ccc(C(C)(C)C)cc1OCC(CO)CO2. The minimum absolute atomic E-state index is 0.0476. The second-order valence-electron chi connectivity index (χ2n) is 11.2. The Morgan fingerprint density at radius 3 is 1.21 bits per heavy atom. The van der Waals surface area contributed by atoms with E-state index in [9.17, 15) is 10.2 Å². The summed E-state index contributed by atoms with van der Waals surface area (Å²) in [6.45, 7) is 13.8. The third-order valence-corrected chi connectivity index (χ3v) is 6.03. The average molecular weight is 473 g/mol. The van der Waals surface area contributed by atoms with Crippen LogP contribution in [0.3, 0.4) is 0 Å².